The maximum atomic E-state index is 12.4. The van der Waals surface area contributed by atoms with Crippen molar-refractivity contribution in [3.05, 3.63) is 0 Å². The summed E-state index contributed by atoms with van der Waals surface area (Å²) in [6.45, 7) is 4.50. The van der Waals surface area contributed by atoms with Crippen molar-refractivity contribution < 1.29 is 9.59 Å². The number of piperidine rings is 1. The lowest BCUT2D eigenvalue weighted by Crippen LogP contribution is -2.62. The van der Waals surface area contributed by atoms with Crippen LogP contribution in [0.4, 0.5) is 0 Å². The lowest BCUT2D eigenvalue weighted by atomic mass is 9.94. The molecule has 3 aliphatic heterocycles. The van der Waals surface area contributed by atoms with Crippen LogP contribution in [-0.4, -0.2) is 59.4 Å². The van der Waals surface area contributed by atoms with Crippen molar-refractivity contribution >= 4 is 11.8 Å². The van der Waals surface area contributed by atoms with E-state index >= 15 is 0 Å². The first-order valence-electron chi connectivity index (χ1n) is 7.53. The minimum atomic E-state index is -0.303. The van der Waals surface area contributed by atoms with Gasteiger partial charge in [0.05, 0.1) is 6.54 Å². The van der Waals surface area contributed by atoms with Crippen LogP contribution in [0.5, 0.6) is 0 Å². The van der Waals surface area contributed by atoms with Crippen LogP contribution in [0, 0.1) is 0 Å². The van der Waals surface area contributed by atoms with E-state index in [0.29, 0.717) is 12.5 Å². The van der Waals surface area contributed by atoms with Crippen LogP contribution in [0.15, 0.2) is 0 Å². The Morgan fingerprint density at radius 2 is 2.05 bits per heavy atom. The topological polar surface area (TPSA) is 52.7 Å². The van der Waals surface area contributed by atoms with Crippen molar-refractivity contribution in [1.82, 2.24) is 15.1 Å². The summed E-state index contributed by atoms with van der Waals surface area (Å²) >= 11 is 0. The van der Waals surface area contributed by atoms with Crippen LogP contribution >= 0.6 is 0 Å². The minimum absolute atomic E-state index is 0.000279. The summed E-state index contributed by atoms with van der Waals surface area (Å²) in [5.41, 5.74) is 0. The van der Waals surface area contributed by atoms with E-state index in [1.54, 1.807) is 0 Å². The van der Waals surface area contributed by atoms with Gasteiger partial charge >= 0.3 is 0 Å². The third-order valence-corrected chi connectivity index (χ3v) is 4.87. The van der Waals surface area contributed by atoms with Gasteiger partial charge in [0, 0.05) is 18.6 Å². The quantitative estimate of drug-likeness (QED) is 0.784. The van der Waals surface area contributed by atoms with Gasteiger partial charge in [-0.1, -0.05) is 6.92 Å². The Morgan fingerprint density at radius 1 is 1.21 bits per heavy atom. The summed E-state index contributed by atoms with van der Waals surface area (Å²) in [5, 5.41) is 2.79. The molecule has 2 amide bonds. The first-order chi connectivity index (χ1) is 9.19. The molecule has 3 atom stereocenters. The molecule has 0 bridgehead atoms. The van der Waals surface area contributed by atoms with Crippen molar-refractivity contribution in [3.8, 4) is 0 Å². The number of rotatable bonds is 2. The lowest BCUT2D eigenvalue weighted by Gasteiger charge is -2.43. The number of carbonyl (C=O) groups excluding carboxylic acids is 2. The van der Waals surface area contributed by atoms with Crippen molar-refractivity contribution in [2.75, 3.05) is 19.6 Å². The molecule has 3 aliphatic rings. The molecular weight excluding hydrogens is 242 g/mol. The molecule has 3 heterocycles. The number of piperazine rings is 1. The van der Waals surface area contributed by atoms with Crippen molar-refractivity contribution in [1.29, 1.82) is 0 Å². The fourth-order valence-electron chi connectivity index (χ4n) is 3.81. The highest BCUT2D eigenvalue weighted by atomic mass is 16.2. The van der Waals surface area contributed by atoms with Gasteiger partial charge in [0.15, 0.2) is 0 Å². The summed E-state index contributed by atoms with van der Waals surface area (Å²) in [7, 11) is 0. The molecule has 5 heteroatoms. The number of hydrogen-bond donors (Lipinski definition) is 1. The molecule has 0 saturated carbocycles. The highest BCUT2D eigenvalue weighted by Gasteiger charge is 2.40. The summed E-state index contributed by atoms with van der Waals surface area (Å²) in [6.07, 6.45) is 5.29. The van der Waals surface area contributed by atoms with E-state index in [0.717, 1.165) is 19.4 Å². The predicted molar refractivity (Wildman–Crippen MR) is 71.6 cm³/mol. The molecule has 3 saturated heterocycles. The molecule has 3 unspecified atom stereocenters. The Labute approximate surface area is 114 Å². The Kier molecular flexibility index (Phi) is 3.48. The second-order valence-corrected chi connectivity index (χ2v) is 6.00. The van der Waals surface area contributed by atoms with Gasteiger partial charge in [-0.05, 0) is 38.6 Å². The first-order valence-corrected chi connectivity index (χ1v) is 7.53. The van der Waals surface area contributed by atoms with Gasteiger partial charge in [-0.25, -0.2) is 0 Å². The van der Waals surface area contributed by atoms with E-state index < -0.39 is 0 Å². The van der Waals surface area contributed by atoms with Crippen molar-refractivity contribution in [3.63, 3.8) is 0 Å². The molecule has 1 N–H and O–H groups in total. The highest BCUT2D eigenvalue weighted by molar-refractivity contribution is 5.95. The van der Waals surface area contributed by atoms with E-state index in [4.69, 9.17) is 0 Å². The number of nitrogens with zero attached hydrogens (tertiary/aromatic N) is 2. The number of amides is 2. The minimum Gasteiger partial charge on any atom is -0.343 e. The number of hydrogen-bond acceptors (Lipinski definition) is 3. The molecule has 19 heavy (non-hydrogen) atoms. The van der Waals surface area contributed by atoms with E-state index in [-0.39, 0.29) is 30.4 Å². The average Bonchev–Trinajstić information content (AvgIpc) is 2.88. The average molecular weight is 265 g/mol. The Bertz CT molecular complexity index is 385. The summed E-state index contributed by atoms with van der Waals surface area (Å²) in [5.74, 6) is 0.124. The van der Waals surface area contributed by atoms with Crippen molar-refractivity contribution in [2.45, 2.75) is 57.2 Å². The van der Waals surface area contributed by atoms with Gasteiger partial charge < -0.3 is 15.1 Å². The third kappa shape index (κ3) is 2.36. The van der Waals surface area contributed by atoms with Gasteiger partial charge in [-0.3, -0.25) is 9.59 Å². The van der Waals surface area contributed by atoms with E-state index in [9.17, 15) is 9.59 Å². The molecule has 0 aromatic rings. The Balaban J connectivity index is 1.70. The zero-order valence-corrected chi connectivity index (χ0v) is 11.6. The molecule has 0 aromatic carbocycles. The van der Waals surface area contributed by atoms with E-state index in [2.05, 4.69) is 10.2 Å². The van der Waals surface area contributed by atoms with Crippen LogP contribution in [0.2, 0.25) is 0 Å². The molecule has 0 spiro atoms. The van der Waals surface area contributed by atoms with E-state index in [1.165, 1.54) is 19.4 Å². The van der Waals surface area contributed by atoms with E-state index in [1.807, 2.05) is 11.8 Å². The number of nitrogens with one attached hydrogen (secondary N) is 1. The van der Waals surface area contributed by atoms with Crippen LogP contribution in [0.25, 0.3) is 0 Å². The third-order valence-electron chi connectivity index (χ3n) is 4.87. The number of fused-ring (bicyclic) bond motifs is 1. The standard InChI is InChI=1S/C14H23N3O2/c1-2-12-14(19)17(9-13(18)15-12)11-5-7-16-6-3-4-10(16)8-11/h10-12H,2-9H2,1H3,(H,15,18). The first kappa shape index (κ1) is 12.9. The zero-order chi connectivity index (χ0) is 13.4. The lowest BCUT2D eigenvalue weighted by molar-refractivity contribution is -0.148. The van der Waals surface area contributed by atoms with Gasteiger partial charge in [-0.15, -0.1) is 0 Å². The molecular formula is C14H23N3O2. The highest BCUT2D eigenvalue weighted by Crippen LogP contribution is 2.30. The Hall–Kier alpha value is -1.10. The van der Waals surface area contributed by atoms with Crippen LogP contribution in [0.1, 0.15) is 39.0 Å². The molecule has 0 aliphatic carbocycles. The smallest absolute Gasteiger partial charge is 0.245 e. The van der Waals surface area contributed by atoms with Gasteiger partial charge in [0.25, 0.3) is 0 Å². The normalized spacial score (nSPS) is 36.3. The monoisotopic (exact) mass is 265 g/mol. The fourth-order valence-corrected chi connectivity index (χ4v) is 3.81. The molecule has 5 nitrogen and oxygen atoms in total. The summed E-state index contributed by atoms with van der Waals surface area (Å²) < 4.78 is 0. The fraction of sp³-hybridized carbons (Fsp3) is 0.857. The number of carbonyl (C=O) groups is 2. The molecule has 0 radical (unpaired) electrons. The van der Waals surface area contributed by atoms with Crippen LogP contribution in [-0.2, 0) is 9.59 Å². The second-order valence-electron chi connectivity index (χ2n) is 6.00. The summed E-state index contributed by atoms with van der Waals surface area (Å²) in [6, 6.07) is 0.603. The zero-order valence-electron chi connectivity index (χ0n) is 11.6. The maximum absolute atomic E-state index is 12.4. The summed E-state index contributed by atoms with van der Waals surface area (Å²) in [4.78, 5) is 28.5. The molecule has 3 fully saturated rings. The van der Waals surface area contributed by atoms with Gasteiger partial charge in [0.2, 0.25) is 11.8 Å². The molecule has 3 rings (SSSR count). The SMILES string of the molecule is CCC1NC(=O)CN(C2CCN3CCCC3C2)C1=O. The van der Waals surface area contributed by atoms with Gasteiger partial charge in [0.1, 0.15) is 6.04 Å². The molecule has 106 valence electrons. The second kappa shape index (κ2) is 5.12. The van der Waals surface area contributed by atoms with Gasteiger partial charge in [-0.2, -0.15) is 0 Å². The van der Waals surface area contributed by atoms with Crippen LogP contribution < -0.4 is 5.32 Å². The maximum Gasteiger partial charge on any atom is 0.245 e. The Morgan fingerprint density at radius 3 is 2.84 bits per heavy atom. The predicted octanol–water partition coefficient (Wildman–Crippen LogP) is 0.350. The molecule has 0 aromatic heterocycles. The van der Waals surface area contributed by atoms with Crippen molar-refractivity contribution in [2.24, 2.45) is 0 Å². The largest absolute Gasteiger partial charge is 0.343 e. The van der Waals surface area contributed by atoms with Crippen LogP contribution in [0.3, 0.4) is 0 Å².